The molecule has 1 N–H and O–H groups in total. The van der Waals surface area contributed by atoms with Crippen LogP contribution >= 0.6 is 0 Å². The Morgan fingerprint density at radius 2 is 2.00 bits per heavy atom. The molecule has 0 saturated heterocycles. The number of rotatable bonds is 3. The lowest BCUT2D eigenvalue weighted by molar-refractivity contribution is -0.141. The van der Waals surface area contributed by atoms with Gasteiger partial charge in [0, 0.05) is 0 Å². The molecular formula is C12H10F3NO3. The van der Waals surface area contributed by atoms with Gasteiger partial charge < -0.3 is 9.84 Å². The minimum absolute atomic E-state index is 0.490. The van der Waals surface area contributed by atoms with E-state index in [1.165, 1.54) is 13.8 Å². The normalized spacial score (nSPS) is 11.8. The molecule has 4 nitrogen and oxygen atoms in total. The van der Waals surface area contributed by atoms with Crippen molar-refractivity contribution in [2.45, 2.75) is 25.6 Å². The highest BCUT2D eigenvalue weighted by atomic mass is 19.4. The number of aromatic carboxylic acids is 1. The van der Waals surface area contributed by atoms with E-state index < -0.39 is 34.9 Å². The number of terminal acetylenes is 1. The molecule has 0 spiro atoms. The van der Waals surface area contributed by atoms with Crippen molar-refractivity contribution in [2.75, 3.05) is 0 Å². The lowest BCUT2D eigenvalue weighted by Gasteiger charge is -2.21. The summed E-state index contributed by atoms with van der Waals surface area (Å²) in [5, 5.41) is 8.88. The van der Waals surface area contributed by atoms with Crippen molar-refractivity contribution in [3.8, 4) is 18.2 Å². The van der Waals surface area contributed by atoms with E-state index in [1.54, 1.807) is 0 Å². The Hall–Kier alpha value is -2.23. The first-order chi connectivity index (χ1) is 8.57. The van der Waals surface area contributed by atoms with Crippen LogP contribution < -0.4 is 4.74 Å². The van der Waals surface area contributed by atoms with Crippen LogP contribution in [-0.4, -0.2) is 21.7 Å². The molecule has 1 heterocycles. The topological polar surface area (TPSA) is 59.4 Å². The predicted molar refractivity (Wildman–Crippen MR) is 59.7 cm³/mol. The van der Waals surface area contributed by atoms with Crippen LogP contribution in [0.3, 0.4) is 0 Å². The highest BCUT2D eigenvalue weighted by Crippen LogP contribution is 2.31. The third-order valence-electron chi connectivity index (χ3n) is 2.08. The zero-order chi connectivity index (χ0) is 14.8. The van der Waals surface area contributed by atoms with Crippen LogP contribution in [0.4, 0.5) is 13.2 Å². The van der Waals surface area contributed by atoms with Gasteiger partial charge in [0.1, 0.15) is 11.3 Å². The molecule has 1 aromatic heterocycles. The Balaban J connectivity index is 3.33. The molecule has 1 rings (SSSR count). The third-order valence-corrected chi connectivity index (χ3v) is 2.08. The fourth-order valence-electron chi connectivity index (χ4n) is 1.11. The number of nitrogens with zero attached hydrogens (tertiary/aromatic N) is 1. The second kappa shape index (κ2) is 4.80. The van der Waals surface area contributed by atoms with Gasteiger partial charge in [-0.3, -0.25) is 0 Å². The molecule has 0 aromatic carbocycles. The summed E-state index contributed by atoms with van der Waals surface area (Å²) >= 11 is 0. The van der Waals surface area contributed by atoms with Crippen molar-refractivity contribution in [1.29, 1.82) is 0 Å². The summed E-state index contributed by atoms with van der Waals surface area (Å²) in [4.78, 5) is 14.1. The number of halogens is 3. The number of carboxylic acid groups (broad SMARTS) is 1. The van der Waals surface area contributed by atoms with Gasteiger partial charge in [0.15, 0.2) is 5.60 Å². The number of carbonyl (C=O) groups is 1. The zero-order valence-electron chi connectivity index (χ0n) is 10.1. The molecule has 0 amide bonds. The molecule has 102 valence electrons. The predicted octanol–water partition coefficient (Wildman–Crippen LogP) is 2.59. The van der Waals surface area contributed by atoms with Crippen LogP contribution in [-0.2, 0) is 6.18 Å². The third kappa shape index (κ3) is 3.61. The summed E-state index contributed by atoms with van der Waals surface area (Å²) in [7, 11) is 0. The van der Waals surface area contributed by atoms with E-state index in [-0.39, 0.29) is 0 Å². The van der Waals surface area contributed by atoms with Crippen LogP contribution in [0, 0.1) is 12.3 Å². The van der Waals surface area contributed by atoms with E-state index in [0.717, 1.165) is 6.07 Å². The van der Waals surface area contributed by atoms with Crippen molar-refractivity contribution in [2.24, 2.45) is 0 Å². The first kappa shape index (κ1) is 14.8. The highest BCUT2D eigenvalue weighted by molar-refractivity contribution is 5.90. The molecule has 1 aromatic rings. The largest absolute Gasteiger partial charge is 0.477 e. The maximum absolute atomic E-state index is 12.5. The van der Waals surface area contributed by atoms with Gasteiger partial charge in [0.2, 0.25) is 5.88 Å². The smallest absolute Gasteiger partial charge is 0.433 e. The highest BCUT2D eigenvalue weighted by Gasteiger charge is 2.34. The van der Waals surface area contributed by atoms with Crippen LogP contribution in [0.1, 0.15) is 29.9 Å². The second-order valence-electron chi connectivity index (χ2n) is 4.11. The summed E-state index contributed by atoms with van der Waals surface area (Å²) in [6, 6.07) is 1.35. The summed E-state index contributed by atoms with van der Waals surface area (Å²) in [6.07, 6.45) is 0.433. The first-order valence-corrected chi connectivity index (χ1v) is 5.05. The quantitative estimate of drug-likeness (QED) is 0.860. The number of pyridine rings is 1. The van der Waals surface area contributed by atoms with Gasteiger partial charge in [-0.15, -0.1) is 6.42 Å². The number of aromatic nitrogens is 1. The van der Waals surface area contributed by atoms with E-state index in [1.807, 2.05) is 0 Å². The Morgan fingerprint density at radius 3 is 2.42 bits per heavy atom. The number of alkyl halides is 3. The van der Waals surface area contributed by atoms with E-state index in [9.17, 15) is 18.0 Å². The fraction of sp³-hybridized carbons (Fsp3) is 0.333. The lowest BCUT2D eigenvalue weighted by atomic mass is 10.1. The van der Waals surface area contributed by atoms with Gasteiger partial charge in [0.25, 0.3) is 0 Å². The maximum atomic E-state index is 12.5. The minimum atomic E-state index is -4.70. The van der Waals surface area contributed by atoms with Crippen molar-refractivity contribution in [3.05, 3.63) is 23.4 Å². The summed E-state index contributed by atoms with van der Waals surface area (Å²) in [5.74, 6) is 0.0614. The number of hydrogen-bond donors (Lipinski definition) is 1. The van der Waals surface area contributed by atoms with E-state index in [4.69, 9.17) is 16.3 Å². The van der Waals surface area contributed by atoms with Crippen LogP contribution in [0.2, 0.25) is 0 Å². The average molecular weight is 273 g/mol. The van der Waals surface area contributed by atoms with Crippen molar-refractivity contribution in [3.63, 3.8) is 0 Å². The van der Waals surface area contributed by atoms with E-state index >= 15 is 0 Å². The lowest BCUT2D eigenvalue weighted by Crippen LogP contribution is -2.27. The molecule has 0 radical (unpaired) electrons. The van der Waals surface area contributed by atoms with Gasteiger partial charge >= 0.3 is 12.1 Å². The summed E-state index contributed by atoms with van der Waals surface area (Å²) in [5.41, 5.74) is -3.02. The second-order valence-corrected chi connectivity index (χ2v) is 4.11. The van der Waals surface area contributed by atoms with E-state index in [0.29, 0.717) is 6.07 Å². The monoisotopic (exact) mass is 273 g/mol. The number of ether oxygens (including phenoxy) is 1. The molecule has 0 atom stereocenters. The van der Waals surface area contributed by atoms with Gasteiger partial charge in [-0.1, -0.05) is 5.92 Å². The molecule has 0 aliphatic carbocycles. The average Bonchev–Trinajstić information content (AvgIpc) is 2.27. The fourth-order valence-corrected chi connectivity index (χ4v) is 1.11. The molecule has 19 heavy (non-hydrogen) atoms. The number of carboxylic acids is 1. The molecular weight excluding hydrogens is 263 g/mol. The Labute approximate surface area is 107 Å². The standard InChI is InChI=1S/C12H10F3NO3/c1-4-11(2,3)19-9-7(10(17)18)5-6-8(16-9)12(13,14)15/h1,5-6H,2-3H3,(H,17,18). The molecule has 0 fully saturated rings. The van der Waals surface area contributed by atoms with Crippen LogP contribution in [0.25, 0.3) is 0 Å². The van der Waals surface area contributed by atoms with Crippen molar-refractivity contribution in [1.82, 2.24) is 4.98 Å². The van der Waals surface area contributed by atoms with Crippen LogP contribution in [0.15, 0.2) is 12.1 Å². The molecule has 0 saturated carbocycles. The Morgan fingerprint density at radius 1 is 1.42 bits per heavy atom. The molecule has 0 aliphatic heterocycles. The molecule has 7 heteroatoms. The minimum Gasteiger partial charge on any atom is -0.477 e. The van der Waals surface area contributed by atoms with Gasteiger partial charge in [-0.05, 0) is 26.0 Å². The molecule has 0 unspecified atom stereocenters. The van der Waals surface area contributed by atoms with Crippen LogP contribution in [0.5, 0.6) is 5.88 Å². The molecule has 0 aliphatic rings. The zero-order valence-corrected chi connectivity index (χ0v) is 10.1. The Kier molecular flexibility index (Phi) is 3.75. The molecule has 0 bridgehead atoms. The van der Waals surface area contributed by atoms with Crippen molar-refractivity contribution < 1.29 is 27.8 Å². The van der Waals surface area contributed by atoms with Crippen molar-refractivity contribution >= 4 is 5.97 Å². The summed E-state index contributed by atoms with van der Waals surface area (Å²) < 4.78 is 42.6. The van der Waals surface area contributed by atoms with E-state index in [2.05, 4.69) is 10.9 Å². The van der Waals surface area contributed by atoms with Gasteiger partial charge in [-0.25, -0.2) is 9.78 Å². The van der Waals surface area contributed by atoms with Gasteiger partial charge in [0.05, 0.1) is 0 Å². The van der Waals surface area contributed by atoms with Gasteiger partial charge in [-0.2, -0.15) is 13.2 Å². The summed E-state index contributed by atoms with van der Waals surface area (Å²) in [6.45, 7) is 2.81. The maximum Gasteiger partial charge on any atom is 0.433 e. The Bertz CT molecular complexity index is 544. The number of hydrogen-bond acceptors (Lipinski definition) is 3. The first-order valence-electron chi connectivity index (χ1n) is 5.05. The SMILES string of the molecule is C#CC(C)(C)Oc1nc(C(F)(F)F)ccc1C(=O)O.